The molecule has 0 radical (unpaired) electrons. The van der Waals surface area contributed by atoms with Crippen molar-refractivity contribution in [2.24, 2.45) is 5.41 Å². The van der Waals surface area contributed by atoms with E-state index in [2.05, 4.69) is 52.7 Å². The van der Waals surface area contributed by atoms with Gasteiger partial charge in [0.1, 0.15) is 0 Å². The molecule has 2 aliphatic heterocycles. The lowest BCUT2D eigenvalue weighted by Gasteiger charge is -2.44. The van der Waals surface area contributed by atoms with Gasteiger partial charge in [0.25, 0.3) is 0 Å². The molecule has 1 N–H and O–H groups in total. The van der Waals surface area contributed by atoms with E-state index in [1.807, 2.05) is 0 Å². The Morgan fingerprint density at radius 3 is 2.36 bits per heavy atom. The number of nitrogens with one attached hydrogen (secondary N) is 1. The second-order valence-electron chi connectivity index (χ2n) is 7.49. The molecule has 2 fully saturated rings. The van der Waals surface area contributed by atoms with Crippen LogP contribution < -0.4 is 5.32 Å². The minimum absolute atomic E-state index is 0. The largest absolute Gasteiger partial charge is 0.342 e. The summed E-state index contributed by atoms with van der Waals surface area (Å²) in [4.78, 5) is 14.8. The smallest absolute Gasteiger partial charge is 0.226 e. The van der Waals surface area contributed by atoms with Gasteiger partial charge >= 0.3 is 0 Å². The molecule has 0 aromatic heterocycles. The number of halogens is 1. The topological polar surface area (TPSA) is 32.3 Å². The van der Waals surface area contributed by atoms with E-state index in [4.69, 9.17) is 0 Å². The zero-order valence-electron chi connectivity index (χ0n) is 14.7. The van der Waals surface area contributed by atoms with Crippen LogP contribution in [0.15, 0.2) is 42.5 Å². The van der Waals surface area contributed by atoms with Crippen LogP contribution in [-0.4, -0.2) is 37.0 Å². The molecule has 4 rings (SSSR count). The van der Waals surface area contributed by atoms with E-state index in [0.29, 0.717) is 11.8 Å². The van der Waals surface area contributed by atoms with Gasteiger partial charge in [-0.25, -0.2) is 0 Å². The van der Waals surface area contributed by atoms with Crippen molar-refractivity contribution in [2.45, 2.75) is 32.1 Å². The second-order valence-corrected chi connectivity index (χ2v) is 7.49. The fourth-order valence-corrected chi connectivity index (χ4v) is 4.32. The quantitative estimate of drug-likeness (QED) is 0.885. The Bertz CT molecular complexity index is 730. The zero-order valence-corrected chi connectivity index (χ0v) is 15.5. The molecular formula is C21H27ClN2O. The molecule has 4 heteroatoms. The highest BCUT2D eigenvalue weighted by molar-refractivity contribution is 5.86. The zero-order chi connectivity index (χ0) is 16.4. The van der Waals surface area contributed by atoms with Crippen molar-refractivity contribution in [3.05, 3.63) is 48.0 Å². The first kappa shape index (κ1) is 18.2. The Morgan fingerprint density at radius 1 is 0.960 bits per heavy atom. The minimum atomic E-state index is 0. The summed E-state index contributed by atoms with van der Waals surface area (Å²) in [5, 5.41) is 5.91. The number of hydrogen-bond donors (Lipinski definition) is 1. The van der Waals surface area contributed by atoms with Crippen LogP contribution in [0.3, 0.4) is 0 Å². The number of amides is 1. The molecule has 2 heterocycles. The van der Waals surface area contributed by atoms with Gasteiger partial charge in [0.15, 0.2) is 0 Å². The average molecular weight is 359 g/mol. The highest BCUT2D eigenvalue weighted by atomic mass is 35.5. The first-order valence-corrected chi connectivity index (χ1v) is 9.20. The molecule has 1 spiro atoms. The molecule has 2 aromatic rings. The molecule has 2 aromatic carbocycles. The molecule has 2 saturated heterocycles. The van der Waals surface area contributed by atoms with Crippen LogP contribution in [0.25, 0.3) is 10.8 Å². The van der Waals surface area contributed by atoms with Crippen molar-refractivity contribution in [3.8, 4) is 0 Å². The van der Waals surface area contributed by atoms with Gasteiger partial charge in [-0.1, -0.05) is 42.5 Å². The van der Waals surface area contributed by atoms with E-state index in [1.165, 1.54) is 36.5 Å². The summed E-state index contributed by atoms with van der Waals surface area (Å²) >= 11 is 0. The summed E-state index contributed by atoms with van der Waals surface area (Å²) in [5.41, 5.74) is 1.63. The van der Waals surface area contributed by atoms with Crippen molar-refractivity contribution in [3.63, 3.8) is 0 Å². The Kier molecular flexibility index (Phi) is 5.65. The normalized spacial score (nSPS) is 19.6. The monoisotopic (exact) mass is 358 g/mol. The van der Waals surface area contributed by atoms with Crippen LogP contribution in [0.5, 0.6) is 0 Å². The Morgan fingerprint density at radius 2 is 1.64 bits per heavy atom. The number of nitrogens with zero attached hydrogens (tertiary/aromatic N) is 1. The molecule has 25 heavy (non-hydrogen) atoms. The molecule has 0 atom stereocenters. The van der Waals surface area contributed by atoms with E-state index in [1.54, 1.807) is 0 Å². The van der Waals surface area contributed by atoms with E-state index >= 15 is 0 Å². The van der Waals surface area contributed by atoms with Crippen molar-refractivity contribution in [1.29, 1.82) is 0 Å². The number of likely N-dealkylation sites (tertiary alicyclic amines) is 1. The molecule has 1 amide bonds. The fourth-order valence-electron chi connectivity index (χ4n) is 4.32. The van der Waals surface area contributed by atoms with Gasteiger partial charge in [-0.05, 0) is 60.5 Å². The summed E-state index contributed by atoms with van der Waals surface area (Å²) in [5.74, 6) is 0.286. The number of carbonyl (C=O) groups is 1. The number of hydrogen-bond acceptors (Lipinski definition) is 2. The third-order valence-corrected chi connectivity index (χ3v) is 6.01. The number of carbonyl (C=O) groups excluding carboxylic acids is 1. The van der Waals surface area contributed by atoms with Crippen LogP contribution >= 0.6 is 12.4 Å². The van der Waals surface area contributed by atoms with Gasteiger partial charge < -0.3 is 10.2 Å². The lowest BCUT2D eigenvalue weighted by Crippen LogP contribution is -2.47. The van der Waals surface area contributed by atoms with Crippen LogP contribution in [-0.2, 0) is 11.2 Å². The molecule has 0 unspecified atom stereocenters. The first-order valence-electron chi connectivity index (χ1n) is 9.20. The Hall–Kier alpha value is -1.58. The number of piperidine rings is 2. The summed E-state index contributed by atoms with van der Waals surface area (Å²) in [6.07, 6.45) is 5.44. The van der Waals surface area contributed by atoms with Crippen LogP contribution in [0.2, 0.25) is 0 Å². The second kappa shape index (κ2) is 7.76. The van der Waals surface area contributed by atoms with Gasteiger partial charge in [0.2, 0.25) is 5.91 Å². The molecule has 134 valence electrons. The van der Waals surface area contributed by atoms with Crippen LogP contribution in [0, 0.1) is 5.41 Å². The molecule has 3 nitrogen and oxygen atoms in total. The van der Waals surface area contributed by atoms with E-state index in [-0.39, 0.29) is 18.3 Å². The maximum Gasteiger partial charge on any atom is 0.226 e. The predicted octanol–water partition coefficient (Wildman–Crippen LogP) is 3.80. The van der Waals surface area contributed by atoms with Gasteiger partial charge in [-0.3, -0.25) is 4.79 Å². The summed E-state index contributed by atoms with van der Waals surface area (Å²) in [6.45, 7) is 4.16. The first-order chi connectivity index (χ1) is 11.7. The van der Waals surface area contributed by atoms with Crippen molar-refractivity contribution in [2.75, 3.05) is 26.2 Å². The fraction of sp³-hybridized carbons (Fsp3) is 0.476. The standard InChI is InChI=1S/C21H26N2O.ClH/c24-20(16-17-5-6-18-3-1-2-4-19(18)15-17)23-13-9-21(10-14-23)7-11-22-12-8-21;/h1-6,15,22H,7-14,16H2;1H. The Labute approximate surface area is 156 Å². The third-order valence-electron chi connectivity index (χ3n) is 6.01. The molecular weight excluding hydrogens is 332 g/mol. The number of benzene rings is 2. The highest BCUT2D eigenvalue weighted by Gasteiger charge is 2.36. The van der Waals surface area contributed by atoms with Gasteiger partial charge in [0.05, 0.1) is 6.42 Å². The Balaban J connectivity index is 0.00000182. The number of rotatable bonds is 2. The highest BCUT2D eigenvalue weighted by Crippen LogP contribution is 2.39. The lowest BCUT2D eigenvalue weighted by atomic mass is 9.71. The third kappa shape index (κ3) is 3.99. The molecule has 0 bridgehead atoms. The van der Waals surface area contributed by atoms with Crippen molar-refractivity contribution < 1.29 is 4.79 Å². The maximum atomic E-state index is 12.7. The van der Waals surface area contributed by atoms with E-state index < -0.39 is 0 Å². The summed E-state index contributed by atoms with van der Waals surface area (Å²) < 4.78 is 0. The van der Waals surface area contributed by atoms with Crippen molar-refractivity contribution >= 4 is 29.1 Å². The summed E-state index contributed by atoms with van der Waals surface area (Å²) in [6, 6.07) is 14.7. The lowest BCUT2D eigenvalue weighted by molar-refractivity contribution is -0.133. The van der Waals surface area contributed by atoms with E-state index in [0.717, 1.165) is 31.7 Å². The minimum Gasteiger partial charge on any atom is -0.342 e. The molecule has 0 aliphatic carbocycles. The maximum absolute atomic E-state index is 12.7. The van der Waals surface area contributed by atoms with Crippen LogP contribution in [0.4, 0.5) is 0 Å². The van der Waals surface area contributed by atoms with Gasteiger partial charge in [-0.2, -0.15) is 0 Å². The van der Waals surface area contributed by atoms with Crippen molar-refractivity contribution in [1.82, 2.24) is 10.2 Å². The van der Waals surface area contributed by atoms with Gasteiger partial charge in [0, 0.05) is 13.1 Å². The SMILES string of the molecule is Cl.O=C(Cc1ccc2ccccc2c1)N1CCC2(CCNCC2)CC1. The molecule has 2 aliphatic rings. The van der Waals surface area contributed by atoms with E-state index in [9.17, 15) is 4.79 Å². The number of fused-ring (bicyclic) bond motifs is 1. The summed E-state index contributed by atoms with van der Waals surface area (Å²) in [7, 11) is 0. The average Bonchev–Trinajstić information content (AvgIpc) is 2.63. The van der Waals surface area contributed by atoms with Gasteiger partial charge in [-0.15, -0.1) is 12.4 Å². The molecule has 0 saturated carbocycles. The predicted molar refractivity (Wildman–Crippen MR) is 105 cm³/mol. The van der Waals surface area contributed by atoms with Crippen LogP contribution in [0.1, 0.15) is 31.2 Å².